The van der Waals surface area contributed by atoms with E-state index in [1.807, 2.05) is 6.07 Å². The number of piperidine rings is 1. The second-order valence-electron chi connectivity index (χ2n) is 5.82. The zero-order valence-corrected chi connectivity index (χ0v) is 12.7. The third-order valence-electron chi connectivity index (χ3n) is 4.73. The van der Waals surface area contributed by atoms with Crippen molar-refractivity contribution in [3.05, 3.63) is 28.2 Å². The van der Waals surface area contributed by atoms with Crippen LogP contribution in [0.2, 0.25) is 0 Å². The normalized spacial score (nSPS) is 26.6. The molecule has 19 heavy (non-hydrogen) atoms. The molecular formula is C16H19BrN2. The van der Waals surface area contributed by atoms with E-state index in [1.54, 1.807) is 0 Å². The van der Waals surface area contributed by atoms with Crippen molar-refractivity contribution in [2.24, 2.45) is 11.8 Å². The molecule has 1 saturated heterocycles. The maximum Gasteiger partial charge on any atom is 0.100 e. The van der Waals surface area contributed by atoms with Crippen LogP contribution in [0, 0.1) is 23.2 Å². The lowest BCUT2D eigenvalue weighted by Crippen LogP contribution is -2.41. The molecular weight excluding hydrogens is 300 g/mol. The van der Waals surface area contributed by atoms with E-state index in [0.717, 1.165) is 21.9 Å². The fraction of sp³-hybridized carbons (Fsp3) is 0.562. The Balaban J connectivity index is 1.76. The van der Waals surface area contributed by atoms with Crippen LogP contribution in [0.3, 0.4) is 0 Å². The number of benzene rings is 1. The van der Waals surface area contributed by atoms with Crippen LogP contribution in [-0.2, 0) is 0 Å². The van der Waals surface area contributed by atoms with Crippen LogP contribution < -0.4 is 4.90 Å². The van der Waals surface area contributed by atoms with Crippen LogP contribution >= 0.6 is 15.9 Å². The van der Waals surface area contributed by atoms with Crippen molar-refractivity contribution in [3.8, 4) is 6.07 Å². The Morgan fingerprint density at radius 3 is 2.68 bits per heavy atom. The molecule has 2 unspecified atom stereocenters. The molecule has 1 aliphatic carbocycles. The van der Waals surface area contributed by atoms with Crippen molar-refractivity contribution in [2.75, 3.05) is 18.0 Å². The first-order chi connectivity index (χ1) is 9.28. The number of halogens is 1. The lowest BCUT2D eigenvalue weighted by atomic mass is 9.75. The van der Waals surface area contributed by atoms with Crippen LogP contribution in [0.1, 0.15) is 37.7 Å². The molecule has 2 fully saturated rings. The van der Waals surface area contributed by atoms with E-state index in [0.29, 0.717) is 0 Å². The molecule has 100 valence electrons. The minimum atomic E-state index is 0.719. The largest absolute Gasteiger partial charge is 0.371 e. The molecule has 3 rings (SSSR count). The Hall–Kier alpha value is -1.01. The van der Waals surface area contributed by atoms with Crippen LogP contribution in [0.25, 0.3) is 0 Å². The van der Waals surface area contributed by atoms with Crippen molar-refractivity contribution in [3.63, 3.8) is 0 Å². The second kappa shape index (κ2) is 5.54. The summed E-state index contributed by atoms with van der Waals surface area (Å²) in [5.74, 6) is 1.85. The third kappa shape index (κ3) is 2.65. The lowest BCUT2D eigenvalue weighted by molar-refractivity contribution is 0.202. The SMILES string of the molecule is N#Cc1ccc(N2CCC3CCCCC3C2)cc1Br. The first-order valence-corrected chi connectivity index (χ1v) is 8.02. The minimum Gasteiger partial charge on any atom is -0.371 e. The highest BCUT2D eigenvalue weighted by atomic mass is 79.9. The Morgan fingerprint density at radius 1 is 1.16 bits per heavy atom. The number of fused-ring (bicyclic) bond motifs is 1. The summed E-state index contributed by atoms with van der Waals surface area (Å²) < 4.78 is 0.915. The van der Waals surface area contributed by atoms with Crippen molar-refractivity contribution in [2.45, 2.75) is 32.1 Å². The number of hydrogen-bond donors (Lipinski definition) is 0. The van der Waals surface area contributed by atoms with E-state index in [2.05, 4.69) is 39.0 Å². The highest BCUT2D eigenvalue weighted by molar-refractivity contribution is 9.10. The first kappa shape index (κ1) is 13.0. The van der Waals surface area contributed by atoms with Crippen LogP contribution in [0.5, 0.6) is 0 Å². The maximum absolute atomic E-state index is 8.98. The van der Waals surface area contributed by atoms with E-state index in [4.69, 9.17) is 5.26 Å². The summed E-state index contributed by atoms with van der Waals surface area (Å²) >= 11 is 3.49. The topological polar surface area (TPSA) is 27.0 Å². The van der Waals surface area contributed by atoms with E-state index < -0.39 is 0 Å². The Bertz CT molecular complexity index is 506. The highest BCUT2D eigenvalue weighted by Gasteiger charge is 2.31. The summed E-state index contributed by atoms with van der Waals surface area (Å²) in [6.07, 6.45) is 7.02. The number of hydrogen-bond acceptors (Lipinski definition) is 2. The highest BCUT2D eigenvalue weighted by Crippen LogP contribution is 2.38. The van der Waals surface area contributed by atoms with Crippen LogP contribution in [0.15, 0.2) is 22.7 Å². The van der Waals surface area contributed by atoms with Crippen molar-refractivity contribution in [1.29, 1.82) is 5.26 Å². The summed E-state index contributed by atoms with van der Waals surface area (Å²) in [6.45, 7) is 2.36. The first-order valence-electron chi connectivity index (χ1n) is 7.22. The molecule has 0 aromatic heterocycles. The molecule has 1 aliphatic heterocycles. The van der Waals surface area contributed by atoms with Gasteiger partial charge < -0.3 is 4.90 Å². The van der Waals surface area contributed by atoms with Gasteiger partial charge in [-0.2, -0.15) is 5.26 Å². The van der Waals surface area contributed by atoms with Gasteiger partial charge in [-0.3, -0.25) is 0 Å². The van der Waals surface area contributed by atoms with Crippen molar-refractivity contribution >= 4 is 21.6 Å². The average molecular weight is 319 g/mol. The predicted molar refractivity (Wildman–Crippen MR) is 81.1 cm³/mol. The molecule has 1 aromatic carbocycles. The van der Waals surface area contributed by atoms with Gasteiger partial charge in [0.25, 0.3) is 0 Å². The Morgan fingerprint density at radius 2 is 1.95 bits per heavy atom. The fourth-order valence-corrected chi connectivity index (χ4v) is 4.08. The van der Waals surface area contributed by atoms with Gasteiger partial charge in [-0.25, -0.2) is 0 Å². The quantitative estimate of drug-likeness (QED) is 0.770. The summed E-state index contributed by atoms with van der Waals surface area (Å²) in [6, 6.07) is 8.32. The predicted octanol–water partition coefficient (Wildman–Crippen LogP) is 4.34. The van der Waals surface area contributed by atoms with E-state index in [1.165, 1.54) is 50.9 Å². The zero-order chi connectivity index (χ0) is 13.2. The Kier molecular flexibility index (Phi) is 3.79. The molecule has 1 heterocycles. The zero-order valence-electron chi connectivity index (χ0n) is 11.1. The summed E-state index contributed by atoms with van der Waals surface area (Å²) in [5, 5.41) is 8.98. The van der Waals surface area contributed by atoms with Crippen LogP contribution in [-0.4, -0.2) is 13.1 Å². The van der Waals surface area contributed by atoms with Gasteiger partial charge in [-0.05, 0) is 58.8 Å². The molecule has 0 bridgehead atoms. The van der Waals surface area contributed by atoms with Gasteiger partial charge in [-0.1, -0.05) is 19.3 Å². The number of nitriles is 1. The van der Waals surface area contributed by atoms with Gasteiger partial charge in [0.1, 0.15) is 6.07 Å². The molecule has 2 atom stereocenters. The monoisotopic (exact) mass is 318 g/mol. The van der Waals surface area contributed by atoms with Gasteiger partial charge in [-0.15, -0.1) is 0 Å². The molecule has 0 spiro atoms. The van der Waals surface area contributed by atoms with Gasteiger partial charge in [0.2, 0.25) is 0 Å². The standard InChI is InChI=1S/C16H19BrN2/c17-16-9-15(6-5-13(16)10-18)19-8-7-12-3-1-2-4-14(12)11-19/h5-6,9,12,14H,1-4,7-8,11H2. The van der Waals surface area contributed by atoms with E-state index in [-0.39, 0.29) is 0 Å². The minimum absolute atomic E-state index is 0.719. The number of anilines is 1. The summed E-state index contributed by atoms with van der Waals surface area (Å²) in [5.41, 5.74) is 1.98. The molecule has 3 heteroatoms. The molecule has 2 nitrogen and oxygen atoms in total. The molecule has 1 saturated carbocycles. The Labute approximate surface area is 123 Å². The van der Waals surface area contributed by atoms with Gasteiger partial charge in [0.15, 0.2) is 0 Å². The molecule has 1 aromatic rings. The summed E-state index contributed by atoms with van der Waals surface area (Å²) in [7, 11) is 0. The average Bonchev–Trinajstić information content (AvgIpc) is 2.46. The molecule has 0 N–H and O–H groups in total. The van der Waals surface area contributed by atoms with Crippen molar-refractivity contribution < 1.29 is 0 Å². The molecule has 2 aliphatic rings. The summed E-state index contributed by atoms with van der Waals surface area (Å²) in [4.78, 5) is 2.50. The number of rotatable bonds is 1. The van der Waals surface area contributed by atoms with Gasteiger partial charge in [0, 0.05) is 23.2 Å². The van der Waals surface area contributed by atoms with Gasteiger partial charge >= 0.3 is 0 Å². The third-order valence-corrected chi connectivity index (χ3v) is 5.39. The second-order valence-corrected chi connectivity index (χ2v) is 6.67. The van der Waals surface area contributed by atoms with Gasteiger partial charge in [0.05, 0.1) is 5.56 Å². The molecule has 0 amide bonds. The van der Waals surface area contributed by atoms with E-state index in [9.17, 15) is 0 Å². The van der Waals surface area contributed by atoms with E-state index >= 15 is 0 Å². The smallest absolute Gasteiger partial charge is 0.100 e. The van der Waals surface area contributed by atoms with Crippen LogP contribution in [0.4, 0.5) is 5.69 Å². The lowest BCUT2D eigenvalue weighted by Gasteiger charge is -2.42. The maximum atomic E-state index is 8.98. The number of nitrogens with zero attached hydrogens (tertiary/aromatic N) is 2. The molecule has 0 radical (unpaired) electrons. The fourth-order valence-electron chi connectivity index (χ4n) is 3.63. The van der Waals surface area contributed by atoms with Crippen molar-refractivity contribution in [1.82, 2.24) is 0 Å².